The van der Waals surface area contributed by atoms with Crippen LogP contribution in [0.15, 0.2) is 36.5 Å². The van der Waals surface area contributed by atoms with Crippen LogP contribution in [0.4, 0.5) is 0 Å². The van der Waals surface area contributed by atoms with E-state index in [9.17, 15) is 14.4 Å². The molecular formula is C56H102O6. The molecule has 6 nitrogen and oxygen atoms in total. The molecule has 0 saturated carbocycles. The second-order valence-electron chi connectivity index (χ2n) is 18.2. The summed E-state index contributed by atoms with van der Waals surface area (Å²) in [5, 5.41) is 0. The van der Waals surface area contributed by atoms with Crippen molar-refractivity contribution < 1.29 is 28.6 Å². The predicted octanol–water partition coefficient (Wildman–Crippen LogP) is 17.7. The summed E-state index contributed by atoms with van der Waals surface area (Å²) in [7, 11) is 0. The van der Waals surface area contributed by atoms with E-state index in [1.165, 1.54) is 161 Å². The second-order valence-corrected chi connectivity index (χ2v) is 18.2. The first-order valence-corrected chi connectivity index (χ1v) is 27.0. The summed E-state index contributed by atoms with van der Waals surface area (Å²) >= 11 is 0. The molecule has 0 aromatic heterocycles. The van der Waals surface area contributed by atoms with Crippen LogP contribution in [0.25, 0.3) is 0 Å². The van der Waals surface area contributed by atoms with Crippen LogP contribution in [0.2, 0.25) is 0 Å². The number of carbonyl (C=O) groups is 3. The molecule has 0 N–H and O–H groups in total. The van der Waals surface area contributed by atoms with Gasteiger partial charge in [-0.25, -0.2) is 0 Å². The molecule has 0 amide bonds. The van der Waals surface area contributed by atoms with Gasteiger partial charge < -0.3 is 14.2 Å². The van der Waals surface area contributed by atoms with Gasteiger partial charge in [0.25, 0.3) is 0 Å². The van der Waals surface area contributed by atoms with Gasteiger partial charge in [0.15, 0.2) is 6.10 Å². The number of ether oxygens (including phenoxy) is 3. The number of unbranched alkanes of at least 4 members (excludes halogenated alkanes) is 33. The van der Waals surface area contributed by atoms with Crippen LogP contribution in [-0.4, -0.2) is 37.2 Å². The van der Waals surface area contributed by atoms with Crippen molar-refractivity contribution in [2.24, 2.45) is 0 Å². The van der Waals surface area contributed by atoms with E-state index in [4.69, 9.17) is 14.2 Å². The molecule has 0 aliphatic rings. The lowest BCUT2D eigenvalue weighted by atomic mass is 10.1. The van der Waals surface area contributed by atoms with Crippen molar-refractivity contribution in [3.8, 4) is 0 Å². The Balaban J connectivity index is 4.35. The maximum Gasteiger partial charge on any atom is 0.306 e. The monoisotopic (exact) mass is 871 g/mol. The Morgan fingerprint density at radius 2 is 0.581 bits per heavy atom. The van der Waals surface area contributed by atoms with Gasteiger partial charge in [0.2, 0.25) is 0 Å². The third-order valence-electron chi connectivity index (χ3n) is 11.9. The zero-order valence-corrected chi connectivity index (χ0v) is 41.4. The van der Waals surface area contributed by atoms with E-state index in [1.54, 1.807) is 0 Å². The predicted molar refractivity (Wildman–Crippen MR) is 266 cm³/mol. The fourth-order valence-corrected chi connectivity index (χ4v) is 7.78. The average Bonchev–Trinajstić information content (AvgIpc) is 3.27. The minimum atomic E-state index is -0.779. The number of hydrogen-bond donors (Lipinski definition) is 0. The molecular weight excluding hydrogens is 769 g/mol. The molecule has 1 unspecified atom stereocenters. The molecule has 0 aromatic rings. The largest absolute Gasteiger partial charge is 0.462 e. The fourth-order valence-electron chi connectivity index (χ4n) is 7.78. The van der Waals surface area contributed by atoms with E-state index in [-0.39, 0.29) is 31.1 Å². The third kappa shape index (κ3) is 48.7. The van der Waals surface area contributed by atoms with E-state index in [1.807, 2.05) is 0 Å². The molecule has 0 saturated heterocycles. The normalized spacial score (nSPS) is 12.2. The highest BCUT2D eigenvalue weighted by Crippen LogP contribution is 2.15. The Labute approximate surface area is 385 Å². The van der Waals surface area contributed by atoms with Crippen LogP contribution in [-0.2, 0) is 28.6 Å². The Morgan fingerprint density at radius 3 is 0.903 bits per heavy atom. The molecule has 6 heteroatoms. The highest BCUT2D eigenvalue weighted by molar-refractivity contribution is 5.71. The quantitative estimate of drug-likeness (QED) is 0.0199. The fraction of sp³-hybridized carbons (Fsp3) is 0.839. The molecule has 0 rings (SSSR count). The van der Waals surface area contributed by atoms with Crippen molar-refractivity contribution in [3.05, 3.63) is 36.5 Å². The van der Waals surface area contributed by atoms with Crippen molar-refractivity contribution in [1.29, 1.82) is 0 Å². The van der Waals surface area contributed by atoms with Gasteiger partial charge in [-0.15, -0.1) is 0 Å². The van der Waals surface area contributed by atoms with Crippen molar-refractivity contribution in [1.82, 2.24) is 0 Å². The van der Waals surface area contributed by atoms with E-state index >= 15 is 0 Å². The van der Waals surface area contributed by atoms with Crippen molar-refractivity contribution >= 4 is 17.9 Å². The van der Waals surface area contributed by atoms with E-state index < -0.39 is 6.10 Å². The summed E-state index contributed by atoms with van der Waals surface area (Å²) in [5.74, 6) is -0.892. The maximum absolute atomic E-state index is 12.8. The molecule has 0 heterocycles. The molecule has 0 spiro atoms. The number of rotatable bonds is 49. The standard InChI is InChI=1S/C56H102O6/c1-4-7-10-13-16-19-22-24-26-28-29-31-32-34-37-40-43-46-49-55(58)61-52-53(51-60-54(57)48-45-42-39-36-21-18-15-12-9-6-3)62-56(59)50-47-44-41-38-35-33-30-27-25-23-20-17-14-11-8-5-2/h26-31,53H,4-25,32-52H2,1-3H3/b28-26-,30-27-,31-29-. The van der Waals surface area contributed by atoms with Crippen molar-refractivity contribution in [2.75, 3.05) is 13.2 Å². The Kier molecular flexibility index (Phi) is 49.3. The van der Waals surface area contributed by atoms with Crippen LogP contribution in [0, 0.1) is 0 Å². The van der Waals surface area contributed by atoms with Crippen LogP contribution < -0.4 is 0 Å². The van der Waals surface area contributed by atoms with Gasteiger partial charge in [-0.3, -0.25) is 14.4 Å². The minimum Gasteiger partial charge on any atom is -0.462 e. The number of carbonyl (C=O) groups excluding carboxylic acids is 3. The van der Waals surface area contributed by atoms with Crippen molar-refractivity contribution in [3.63, 3.8) is 0 Å². The minimum absolute atomic E-state index is 0.0779. The first-order valence-electron chi connectivity index (χ1n) is 27.0. The highest BCUT2D eigenvalue weighted by atomic mass is 16.6. The molecule has 0 radical (unpaired) electrons. The van der Waals surface area contributed by atoms with E-state index in [0.29, 0.717) is 19.3 Å². The lowest BCUT2D eigenvalue weighted by molar-refractivity contribution is -0.167. The van der Waals surface area contributed by atoms with E-state index in [2.05, 4.69) is 57.2 Å². The maximum atomic E-state index is 12.8. The van der Waals surface area contributed by atoms with Crippen LogP contribution >= 0.6 is 0 Å². The van der Waals surface area contributed by atoms with Gasteiger partial charge in [-0.2, -0.15) is 0 Å². The van der Waals surface area contributed by atoms with Gasteiger partial charge >= 0.3 is 17.9 Å². The summed E-state index contributed by atoms with van der Waals surface area (Å²) in [6, 6.07) is 0. The van der Waals surface area contributed by atoms with Gasteiger partial charge in [-0.05, 0) is 70.6 Å². The second kappa shape index (κ2) is 51.3. The molecule has 0 aromatic carbocycles. The van der Waals surface area contributed by atoms with Gasteiger partial charge in [0.05, 0.1) is 0 Å². The highest BCUT2D eigenvalue weighted by Gasteiger charge is 2.19. The zero-order chi connectivity index (χ0) is 45.1. The van der Waals surface area contributed by atoms with Crippen molar-refractivity contribution in [2.45, 2.75) is 290 Å². The van der Waals surface area contributed by atoms with Gasteiger partial charge in [0, 0.05) is 19.3 Å². The van der Waals surface area contributed by atoms with Gasteiger partial charge in [0.1, 0.15) is 13.2 Å². The topological polar surface area (TPSA) is 78.9 Å². The Morgan fingerprint density at radius 1 is 0.323 bits per heavy atom. The Bertz CT molecular complexity index is 1050. The molecule has 1 atom stereocenters. The smallest absolute Gasteiger partial charge is 0.306 e. The number of allylic oxidation sites excluding steroid dienone is 6. The summed E-state index contributed by atoms with van der Waals surface area (Å²) in [6.07, 6.45) is 59.9. The van der Waals surface area contributed by atoms with Crippen LogP contribution in [0.3, 0.4) is 0 Å². The summed E-state index contributed by atoms with van der Waals surface area (Å²) in [5.41, 5.74) is 0. The Hall–Kier alpha value is -2.37. The molecule has 0 aliphatic carbocycles. The lowest BCUT2D eigenvalue weighted by Crippen LogP contribution is -2.30. The SMILES string of the molecule is CCCCCCCCC/C=C\C=C/CCCCCCCC(=O)OCC(COC(=O)CCCCCCCCCCCC)OC(=O)CCCCCCC/C=C\CCCCCCCCC. The summed E-state index contributed by atoms with van der Waals surface area (Å²) in [6.45, 7) is 6.62. The molecule has 0 bridgehead atoms. The lowest BCUT2D eigenvalue weighted by Gasteiger charge is -2.18. The summed E-state index contributed by atoms with van der Waals surface area (Å²) in [4.78, 5) is 38.0. The third-order valence-corrected chi connectivity index (χ3v) is 11.9. The summed E-state index contributed by atoms with van der Waals surface area (Å²) < 4.78 is 16.8. The zero-order valence-electron chi connectivity index (χ0n) is 41.4. The molecule has 0 fully saturated rings. The first kappa shape index (κ1) is 59.6. The first-order chi connectivity index (χ1) is 30.5. The average molecular weight is 871 g/mol. The van der Waals surface area contributed by atoms with Crippen LogP contribution in [0.5, 0.6) is 0 Å². The number of hydrogen-bond acceptors (Lipinski definition) is 6. The molecule has 62 heavy (non-hydrogen) atoms. The van der Waals surface area contributed by atoms with Crippen LogP contribution in [0.1, 0.15) is 284 Å². The van der Waals surface area contributed by atoms with E-state index in [0.717, 1.165) is 83.5 Å². The molecule has 0 aliphatic heterocycles. The van der Waals surface area contributed by atoms with Gasteiger partial charge in [-0.1, -0.05) is 231 Å². The molecule has 362 valence electrons. The number of esters is 3.